The fraction of sp³-hybridized carbons (Fsp3) is 0.500. The van der Waals surface area contributed by atoms with E-state index in [0.717, 1.165) is 49.5 Å². The van der Waals surface area contributed by atoms with Crippen LogP contribution in [-0.4, -0.2) is 19.6 Å². The first kappa shape index (κ1) is 13.8. The van der Waals surface area contributed by atoms with Crippen LogP contribution in [0.2, 0.25) is 10.0 Å². The summed E-state index contributed by atoms with van der Waals surface area (Å²) >= 11 is 11.9. The molecule has 0 bridgehead atoms. The molecule has 0 aliphatic rings. The average Bonchev–Trinajstić information content (AvgIpc) is 2.26. The van der Waals surface area contributed by atoms with Crippen LogP contribution in [0.5, 0.6) is 0 Å². The zero-order chi connectivity index (χ0) is 11.8. The van der Waals surface area contributed by atoms with E-state index in [-0.39, 0.29) is 0 Å². The monoisotopic (exact) mass is 260 g/mol. The highest BCUT2D eigenvalue weighted by Gasteiger charge is 2.00. The second-order valence-electron chi connectivity index (χ2n) is 3.73. The molecule has 0 amide bonds. The summed E-state index contributed by atoms with van der Waals surface area (Å²) in [4.78, 5) is 0. The van der Waals surface area contributed by atoms with Gasteiger partial charge < -0.3 is 11.1 Å². The van der Waals surface area contributed by atoms with Gasteiger partial charge in [-0.2, -0.15) is 0 Å². The van der Waals surface area contributed by atoms with E-state index in [9.17, 15) is 0 Å². The van der Waals surface area contributed by atoms with Crippen LogP contribution in [0.25, 0.3) is 0 Å². The summed E-state index contributed by atoms with van der Waals surface area (Å²) in [5.74, 6) is 0. The molecule has 16 heavy (non-hydrogen) atoms. The Labute approximate surface area is 107 Å². The number of rotatable bonds is 7. The summed E-state index contributed by atoms with van der Waals surface area (Å²) in [6, 6.07) is 5.64. The van der Waals surface area contributed by atoms with E-state index in [1.54, 1.807) is 6.07 Å². The topological polar surface area (TPSA) is 38.0 Å². The Morgan fingerprint density at radius 3 is 2.62 bits per heavy atom. The fourth-order valence-corrected chi connectivity index (χ4v) is 1.97. The third-order valence-electron chi connectivity index (χ3n) is 2.39. The SMILES string of the molecule is NCCCCNCCc1ccc(Cl)cc1Cl. The minimum absolute atomic E-state index is 0.685. The first-order chi connectivity index (χ1) is 7.74. The number of halogens is 2. The Morgan fingerprint density at radius 2 is 1.94 bits per heavy atom. The minimum atomic E-state index is 0.685. The molecule has 0 aromatic heterocycles. The van der Waals surface area contributed by atoms with Gasteiger partial charge in [0.1, 0.15) is 0 Å². The summed E-state index contributed by atoms with van der Waals surface area (Å²) in [6.07, 6.45) is 3.14. The largest absolute Gasteiger partial charge is 0.330 e. The second kappa shape index (κ2) is 7.91. The van der Waals surface area contributed by atoms with Crippen LogP contribution in [0.3, 0.4) is 0 Å². The maximum Gasteiger partial charge on any atom is 0.0453 e. The molecule has 0 aliphatic carbocycles. The van der Waals surface area contributed by atoms with Crippen LogP contribution in [-0.2, 0) is 6.42 Å². The van der Waals surface area contributed by atoms with E-state index < -0.39 is 0 Å². The Morgan fingerprint density at radius 1 is 1.12 bits per heavy atom. The molecular formula is C12H18Cl2N2. The number of hydrogen-bond acceptors (Lipinski definition) is 2. The van der Waals surface area contributed by atoms with Gasteiger partial charge in [-0.1, -0.05) is 29.3 Å². The summed E-state index contributed by atoms with van der Waals surface area (Å²) in [6.45, 7) is 2.72. The van der Waals surface area contributed by atoms with Crippen molar-refractivity contribution in [1.82, 2.24) is 5.32 Å². The lowest BCUT2D eigenvalue weighted by Gasteiger charge is -2.06. The third-order valence-corrected chi connectivity index (χ3v) is 2.98. The lowest BCUT2D eigenvalue weighted by atomic mass is 10.1. The molecule has 0 atom stereocenters. The fourth-order valence-electron chi connectivity index (χ4n) is 1.47. The van der Waals surface area contributed by atoms with Crippen molar-refractivity contribution in [2.75, 3.05) is 19.6 Å². The molecule has 1 aromatic rings. The van der Waals surface area contributed by atoms with E-state index in [0.29, 0.717) is 5.02 Å². The molecule has 0 saturated carbocycles. The van der Waals surface area contributed by atoms with Gasteiger partial charge >= 0.3 is 0 Å². The molecule has 2 nitrogen and oxygen atoms in total. The normalized spacial score (nSPS) is 10.7. The Balaban J connectivity index is 2.21. The zero-order valence-electron chi connectivity index (χ0n) is 9.31. The average molecular weight is 261 g/mol. The van der Waals surface area contributed by atoms with Crippen LogP contribution in [0.15, 0.2) is 18.2 Å². The molecule has 4 heteroatoms. The van der Waals surface area contributed by atoms with Crippen molar-refractivity contribution < 1.29 is 0 Å². The van der Waals surface area contributed by atoms with E-state index >= 15 is 0 Å². The zero-order valence-corrected chi connectivity index (χ0v) is 10.8. The van der Waals surface area contributed by atoms with Crippen LogP contribution < -0.4 is 11.1 Å². The van der Waals surface area contributed by atoms with Crippen molar-refractivity contribution in [1.29, 1.82) is 0 Å². The van der Waals surface area contributed by atoms with Crippen molar-refractivity contribution in [3.63, 3.8) is 0 Å². The molecule has 0 aliphatic heterocycles. The van der Waals surface area contributed by atoms with Crippen LogP contribution in [0.1, 0.15) is 18.4 Å². The Bertz CT molecular complexity index is 316. The minimum Gasteiger partial charge on any atom is -0.330 e. The highest BCUT2D eigenvalue weighted by atomic mass is 35.5. The molecule has 1 aromatic carbocycles. The van der Waals surface area contributed by atoms with Crippen molar-refractivity contribution in [2.45, 2.75) is 19.3 Å². The molecule has 0 fully saturated rings. The maximum atomic E-state index is 6.06. The van der Waals surface area contributed by atoms with Crippen molar-refractivity contribution in [3.8, 4) is 0 Å². The maximum absolute atomic E-state index is 6.06. The smallest absolute Gasteiger partial charge is 0.0453 e. The first-order valence-electron chi connectivity index (χ1n) is 5.58. The van der Waals surface area contributed by atoms with Crippen LogP contribution in [0.4, 0.5) is 0 Å². The molecule has 1 rings (SSSR count). The van der Waals surface area contributed by atoms with E-state index in [2.05, 4.69) is 5.32 Å². The number of hydrogen-bond donors (Lipinski definition) is 2. The number of nitrogens with one attached hydrogen (secondary N) is 1. The van der Waals surface area contributed by atoms with E-state index in [4.69, 9.17) is 28.9 Å². The summed E-state index contributed by atoms with van der Waals surface area (Å²) in [5, 5.41) is 4.79. The van der Waals surface area contributed by atoms with Crippen molar-refractivity contribution in [2.24, 2.45) is 5.73 Å². The van der Waals surface area contributed by atoms with Gasteiger partial charge in [-0.3, -0.25) is 0 Å². The highest BCUT2D eigenvalue weighted by molar-refractivity contribution is 6.35. The van der Waals surface area contributed by atoms with Gasteiger partial charge in [0, 0.05) is 10.0 Å². The number of nitrogens with two attached hydrogens (primary N) is 1. The lowest BCUT2D eigenvalue weighted by Crippen LogP contribution is -2.19. The third kappa shape index (κ3) is 5.17. The van der Waals surface area contributed by atoms with Gasteiger partial charge in [0.2, 0.25) is 0 Å². The van der Waals surface area contributed by atoms with Crippen molar-refractivity contribution in [3.05, 3.63) is 33.8 Å². The van der Waals surface area contributed by atoms with Gasteiger partial charge in [0.05, 0.1) is 0 Å². The van der Waals surface area contributed by atoms with E-state index in [1.165, 1.54) is 0 Å². The van der Waals surface area contributed by atoms with Gasteiger partial charge in [-0.25, -0.2) is 0 Å². The first-order valence-corrected chi connectivity index (χ1v) is 6.34. The summed E-state index contributed by atoms with van der Waals surface area (Å²) in [7, 11) is 0. The molecule has 0 spiro atoms. The lowest BCUT2D eigenvalue weighted by molar-refractivity contribution is 0.627. The molecular weight excluding hydrogens is 243 g/mol. The Kier molecular flexibility index (Phi) is 6.81. The van der Waals surface area contributed by atoms with Gasteiger partial charge in [0.25, 0.3) is 0 Å². The molecule has 0 radical (unpaired) electrons. The standard InChI is InChI=1S/C12H18Cl2N2/c13-11-4-3-10(12(14)9-11)5-8-16-7-2-1-6-15/h3-4,9,16H,1-2,5-8,15H2. The molecule has 0 heterocycles. The summed E-state index contributed by atoms with van der Waals surface area (Å²) in [5.41, 5.74) is 6.55. The predicted octanol–water partition coefficient (Wildman–Crippen LogP) is 2.86. The quantitative estimate of drug-likeness (QED) is 0.741. The number of unbranched alkanes of at least 4 members (excludes halogenated alkanes) is 1. The second-order valence-corrected chi connectivity index (χ2v) is 4.58. The van der Waals surface area contributed by atoms with Gasteiger partial charge in [-0.05, 0) is 56.6 Å². The van der Waals surface area contributed by atoms with Gasteiger partial charge in [-0.15, -0.1) is 0 Å². The highest BCUT2D eigenvalue weighted by Crippen LogP contribution is 2.20. The molecule has 90 valence electrons. The van der Waals surface area contributed by atoms with Crippen molar-refractivity contribution >= 4 is 23.2 Å². The predicted molar refractivity (Wildman–Crippen MR) is 71.3 cm³/mol. The molecule has 0 saturated heterocycles. The summed E-state index contributed by atoms with van der Waals surface area (Å²) < 4.78 is 0. The Hall–Kier alpha value is -0.280. The molecule has 0 unspecified atom stereocenters. The molecule has 3 N–H and O–H groups in total. The number of benzene rings is 1. The van der Waals surface area contributed by atoms with E-state index in [1.807, 2.05) is 12.1 Å². The van der Waals surface area contributed by atoms with Crippen LogP contribution in [0, 0.1) is 0 Å². The van der Waals surface area contributed by atoms with Crippen LogP contribution >= 0.6 is 23.2 Å². The van der Waals surface area contributed by atoms with Gasteiger partial charge in [0.15, 0.2) is 0 Å².